The van der Waals surface area contributed by atoms with Crippen molar-refractivity contribution >= 4 is 5.97 Å². The van der Waals surface area contributed by atoms with E-state index < -0.39 is 5.97 Å². The molecule has 4 saturated carbocycles. The van der Waals surface area contributed by atoms with Gasteiger partial charge in [-0.2, -0.15) is 0 Å². The summed E-state index contributed by atoms with van der Waals surface area (Å²) in [5.74, 6) is 2.28. The Balaban J connectivity index is 1.73. The summed E-state index contributed by atoms with van der Waals surface area (Å²) in [5.41, 5.74) is 0.969. The zero-order valence-electron chi connectivity index (χ0n) is 11.8. The highest BCUT2D eigenvalue weighted by Gasteiger charge is 2.50. The van der Waals surface area contributed by atoms with E-state index in [1.807, 2.05) is 11.6 Å². The van der Waals surface area contributed by atoms with Crippen molar-refractivity contribution < 1.29 is 9.90 Å². The third kappa shape index (κ3) is 1.64. The Morgan fingerprint density at radius 1 is 1.20 bits per heavy atom. The van der Waals surface area contributed by atoms with E-state index in [1.54, 1.807) is 0 Å². The lowest BCUT2D eigenvalue weighted by Gasteiger charge is -2.54. The minimum atomic E-state index is -0.947. The minimum Gasteiger partial charge on any atom is -0.476 e. The van der Waals surface area contributed by atoms with Gasteiger partial charge in [0, 0.05) is 0 Å². The lowest BCUT2D eigenvalue weighted by molar-refractivity contribution is -0.0352. The number of carboxylic acids is 1. The SMILES string of the molecule is CCc1c(C(=O)O)nnn1C1C2CC3CC(C2)CC1C3. The van der Waals surface area contributed by atoms with Crippen molar-refractivity contribution in [3.63, 3.8) is 0 Å². The molecule has 4 fully saturated rings. The van der Waals surface area contributed by atoms with Crippen LogP contribution in [0.1, 0.15) is 61.3 Å². The summed E-state index contributed by atoms with van der Waals surface area (Å²) in [6.45, 7) is 2.00. The van der Waals surface area contributed by atoms with Crippen LogP contribution in [0.25, 0.3) is 0 Å². The molecule has 0 spiro atoms. The fourth-order valence-corrected chi connectivity index (χ4v) is 5.34. The van der Waals surface area contributed by atoms with Gasteiger partial charge in [0.2, 0.25) is 0 Å². The van der Waals surface area contributed by atoms with Crippen LogP contribution in [0.5, 0.6) is 0 Å². The summed E-state index contributed by atoms with van der Waals surface area (Å²) in [7, 11) is 0. The van der Waals surface area contributed by atoms with Crippen LogP contribution >= 0.6 is 0 Å². The molecule has 5 rings (SSSR count). The van der Waals surface area contributed by atoms with Gasteiger partial charge in [-0.05, 0) is 62.2 Å². The lowest BCUT2D eigenvalue weighted by Crippen LogP contribution is -2.46. The minimum absolute atomic E-state index is 0.154. The van der Waals surface area contributed by atoms with E-state index in [0.29, 0.717) is 24.3 Å². The molecule has 1 heterocycles. The molecule has 0 atom stereocenters. The molecule has 0 unspecified atom stereocenters. The largest absolute Gasteiger partial charge is 0.476 e. The van der Waals surface area contributed by atoms with Crippen LogP contribution in [0.15, 0.2) is 0 Å². The molecule has 4 aliphatic rings. The van der Waals surface area contributed by atoms with Crippen molar-refractivity contribution in [1.82, 2.24) is 15.0 Å². The number of aromatic nitrogens is 3. The van der Waals surface area contributed by atoms with Gasteiger partial charge >= 0.3 is 5.97 Å². The highest BCUT2D eigenvalue weighted by atomic mass is 16.4. The van der Waals surface area contributed by atoms with Crippen molar-refractivity contribution in [1.29, 1.82) is 0 Å². The predicted molar refractivity (Wildman–Crippen MR) is 72.4 cm³/mol. The summed E-state index contributed by atoms with van der Waals surface area (Å²) in [6, 6.07) is 0.401. The fraction of sp³-hybridized carbons (Fsp3) is 0.800. The van der Waals surface area contributed by atoms with E-state index in [9.17, 15) is 9.90 Å². The molecule has 108 valence electrons. The molecule has 4 aliphatic carbocycles. The molecular weight excluding hydrogens is 254 g/mol. The molecule has 1 aromatic heterocycles. The summed E-state index contributed by atoms with van der Waals surface area (Å²) >= 11 is 0. The van der Waals surface area contributed by atoms with Gasteiger partial charge in [0.1, 0.15) is 0 Å². The Labute approximate surface area is 118 Å². The van der Waals surface area contributed by atoms with Crippen molar-refractivity contribution in [2.45, 2.75) is 51.5 Å². The summed E-state index contributed by atoms with van der Waals surface area (Å²) in [5, 5.41) is 17.4. The van der Waals surface area contributed by atoms with Gasteiger partial charge in [-0.25, -0.2) is 9.48 Å². The van der Waals surface area contributed by atoms with Gasteiger partial charge in [0.15, 0.2) is 5.69 Å². The predicted octanol–water partition coefficient (Wildman–Crippen LogP) is 2.54. The molecule has 1 aromatic rings. The van der Waals surface area contributed by atoms with Crippen LogP contribution in [0.3, 0.4) is 0 Å². The Kier molecular flexibility index (Phi) is 2.66. The van der Waals surface area contributed by atoms with Crippen molar-refractivity contribution in [3.05, 3.63) is 11.4 Å². The van der Waals surface area contributed by atoms with Gasteiger partial charge in [-0.3, -0.25) is 0 Å². The van der Waals surface area contributed by atoms with Crippen LogP contribution in [0, 0.1) is 23.7 Å². The first-order valence-electron chi connectivity index (χ1n) is 7.84. The van der Waals surface area contributed by atoms with E-state index in [1.165, 1.54) is 32.1 Å². The first-order valence-corrected chi connectivity index (χ1v) is 7.84. The molecular formula is C15H21N3O2. The molecule has 5 nitrogen and oxygen atoms in total. The Morgan fingerprint density at radius 3 is 2.30 bits per heavy atom. The van der Waals surface area contributed by atoms with Crippen LogP contribution in [0.4, 0.5) is 0 Å². The Morgan fingerprint density at radius 2 is 1.80 bits per heavy atom. The number of rotatable bonds is 3. The van der Waals surface area contributed by atoms with Crippen LogP contribution in [0.2, 0.25) is 0 Å². The zero-order valence-corrected chi connectivity index (χ0v) is 11.8. The molecule has 0 amide bonds. The second-order valence-corrected chi connectivity index (χ2v) is 6.91. The Bertz CT molecular complexity index is 523. The third-order valence-corrected chi connectivity index (χ3v) is 5.79. The zero-order chi connectivity index (χ0) is 13.9. The van der Waals surface area contributed by atoms with Gasteiger partial charge in [-0.1, -0.05) is 12.1 Å². The van der Waals surface area contributed by atoms with Crippen LogP contribution < -0.4 is 0 Å². The smallest absolute Gasteiger partial charge is 0.358 e. The molecule has 20 heavy (non-hydrogen) atoms. The number of nitrogens with zero attached hydrogens (tertiary/aromatic N) is 3. The molecule has 0 radical (unpaired) electrons. The van der Waals surface area contributed by atoms with Crippen molar-refractivity contribution in [3.8, 4) is 0 Å². The number of hydrogen-bond donors (Lipinski definition) is 1. The quantitative estimate of drug-likeness (QED) is 0.920. The molecule has 0 aliphatic heterocycles. The highest BCUT2D eigenvalue weighted by molar-refractivity contribution is 5.86. The average Bonchev–Trinajstić information content (AvgIpc) is 2.81. The Hall–Kier alpha value is -1.39. The number of carboxylic acid groups (broad SMARTS) is 1. The maximum absolute atomic E-state index is 11.3. The fourth-order valence-electron chi connectivity index (χ4n) is 5.34. The van der Waals surface area contributed by atoms with Crippen molar-refractivity contribution in [2.24, 2.45) is 23.7 Å². The van der Waals surface area contributed by atoms with Gasteiger partial charge in [0.05, 0.1) is 11.7 Å². The highest BCUT2D eigenvalue weighted by Crippen LogP contribution is 2.58. The lowest BCUT2D eigenvalue weighted by atomic mass is 9.54. The maximum Gasteiger partial charge on any atom is 0.358 e. The molecule has 1 N–H and O–H groups in total. The number of carbonyl (C=O) groups is 1. The van der Waals surface area contributed by atoms with Crippen LogP contribution in [-0.2, 0) is 6.42 Å². The number of aromatic carboxylic acids is 1. The second-order valence-electron chi connectivity index (χ2n) is 6.91. The van der Waals surface area contributed by atoms with Crippen LogP contribution in [-0.4, -0.2) is 26.1 Å². The average molecular weight is 275 g/mol. The first-order chi connectivity index (χ1) is 9.67. The standard InChI is InChI=1S/C15H21N3O2/c1-2-12-13(15(19)20)16-17-18(12)14-10-4-8-3-9(6-10)7-11(14)5-8/h8-11,14H,2-7H2,1H3,(H,19,20). The summed E-state index contributed by atoms with van der Waals surface area (Å²) in [6.07, 6.45) is 7.36. The summed E-state index contributed by atoms with van der Waals surface area (Å²) < 4.78 is 1.98. The molecule has 0 aromatic carbocycles. The maximum atomic E-state index is 11.3. The van der Waals surface area contributed by atoms with E-state index >= 15 is 0 Å². The van der Waals surface area contributed by atoms with Gasteiger partial charge in [0.25, 0.3) is 0 Å². The van der Waals surface area contributed by atoms with E-state index in [-0.39, 0.29) is 5.69 Å². The number of hydrogen-bond acceptors (Lipinski definition) is 3. The van der Waals surface area contributed by atoms with Gasteiger partial charge in [-0.15, -0.1) is 5.10 Å². The molecule has 5 heteroatoms. The topological polar surface area (TPSA) is 68.0 Å². The van der Waals surface area contributed by atoms with E-state index in [2.05, 4.69) is 10.3 Å². The third-order valence-electron chi connectivity index (χ3n) is 5.79. The van der Waals surface area contributed by atoms with E-state index in [4.69, 9.17) is 0 Å². The monoisotopic (exact) mass is 275 g/mol. The normalized spacial score (nSPS) is 38.4. The van der Waals surface area contributed by atoms with Gasteiger partial charge < -0.3 is 5.11 Å². The second kappa shape index (κ2) is 4.30. The molecule has 0 saturated heterocycles. The van der Waals surface area contributed by atoms with Crippen molar-refractivity contribution in [2.75, 3.05) is 0 Å². The summed E-state index contributed by atoms with van der Waals surface area (Å²) in [4.78, 5) is 11.3. The van der Waals surface area contributed by atoms with E-state index in [0.717, 1.165) is 17.5 Å². The first kappa shape index (κ1) is 12.4. The molecule has 4 bridgehead atoms.